The highest BCUT2D eigenvalue weighted by Gasteiger charge is 2.20. The minimum atomic E-state index is -0.0752. The summed E-state index contributed by atoms with van der Waals surface area (Å²) in [4.78, 5) is 15.5. The highest BCUT2D eigenvalue weighted by atomic mass is 35.5. The molecule has 0 fully saturated rings. The van der Waals surface area contributed by atoms with Crippen molar-refractivity contribution in [2.24, 2.45) is 0 Å². The summed E-state index contributed by atoms with van der Waals surface area (Å²) in [5.41, 5.74) is 4.46. The molecule has 1 atom stereocenters. The van der Waals surface area contributed by atoms with Crippen molar-refractivity contribution in [2.75, 3.05) is 18.9 Å². The van der Waals surface area contributed by atoms with Gasteiger partial charge in [0.25, 0.3) is 0 Å². The van der Waals surface area contributed by atoms with Crippen LogP contribution in [-0.4, -0.2) is 34.5 Å². The van der Waals surface area contributed by atoms with Gasteiger partial charge in [-0.25, -0.2) is 0 Å². The third-order valence-corrected chi connectivity index (χ3v) is 6.34. The van der Waals surface area contributed by atoms with Gasteiger partial charge in [-0.15, -0.1) is 0 Å². The molecule has 3 aromatic rings. The molecule has 0 aliphatic carbocycles. The summed E-state index contributed by atoms with van der Waals surface area (Å²) in [5, 5.41) is 1.47. The zero-order chi connectivity index (χ0) is 20.5. The number of nitrogen functional groups attached to an aromatic ring is 1. The zero-order valence-corrected chi connectivity index (χ0v) is 17.6. The first-order chi connectivity index (χ1) is 14.0. The third-order valence-electron chi connectivity index (χ3n) is 6.01. The number of fused-ring (bicyclic) bond motifs is 1. The van der Waals surface area contributed by atoms with E-state index >= 15 is 0 Å². The van der Waals surface area contributed by atoms with Gasteiger partial charge in [0.2, 0.25) is 0 Å². The largest absolute Gasteiger partial charge is 0.339 e. The van der Waals surface area contributed by atoms with Crippen LogP contribution in [0.1, 0.15) is 48.2 Å². The SMILES string of the molecule is CCC(C)N1CC=C(c2cn(N)c3ccc(C(=O)c4ccccc4Cl)cc23)CC1. The van der Waals surface area contributed by atoms with E-state index in [9.17, 15) is 4.79 Å². The first-order valence-electron chi connectivity index (χ1n) is 10.1. The number of hydrogen-bond acceptors (Lipinski definition) is 3. The molecule has 1 aliphatic rings. The molecule has 150 valence electrons. The zero-order valence-electron chi connectivity index (χ0n) is 16.9. The van der Waals surface area contributed by atoms with Crippen molar-refractivity contribution in [3.05, 3.63) is 76.5 Å². The van der Waals surface area contributed by atoms with Gasteiger partial charge >= 0.3 is 0 Å². The molecule has 0 saturated heterocycles. The molecule has 4 rings (SSSR count). The molecule has 1 unspecified atom stereocenters. The lowest BCUT2D eigenvalue weighted by Gasteiger charge is -2.31. The first-order valence-corrected chi connectivity index (χ1v) is 10.5. The molecule has 0 saturated carbocycles. The number of rotatable bonds is 5. The summed E-state index contributed by atoms with van der Waals surface area (Å²) in [7, 11) is 0. The standard InChI is InChI=1S/C24H26ClN3O/c1-3-16(2)27-12-10-17(11-13-27)21-15-28(26)23-9-8-18(14-20(21)23)24(29)19-6-4-5-7-22(19)25/h4-10,14-16H,3,11-13,26H2,1-2H3. The number of ketones is 1. The number of halogens is 1. The molecule has 2 N–H and O–H groups in total. The molecular formula is C24H26ClN3O. The number of nitrogens with zero attached hydrogens (tertiary/aromatic N) is 2. The predicted molar refractivity (Wildman–Crippen MR) is 121 cm³/mol. The van der Waals surface area contributed by atoms with Crippen LogP contribution in [0.4, 0.5) is 0 Å². The van der Waals surface area contributed by atoms with E-state index < -0.39 is 0 Å². The summed E-state index contributed by atoms with van der Waals surface area (Å²) in [5.74, 6) is 6.14. The van der Waals surface area contributed by atoms with E-state index in [0.717, 1.165) is 42.4 Å². The maximum Gasteiger partial charge on any atom is 0.194 e. The van der Waals surface area contributed by atoms with E-state index in [4.69, 9.17) is 17.4 Å². The molecule has 0 radical (unpaired) electrons. The molecule has 5 heteroatoms. The highest BCUT2D eigenvalue weighted by Crippen LogP contribution is 2.32. The Hall–Kier alpha value is -2.56. The van der Waals surface area contributed by atoms with E-state index in [1.807, 2.05) is 36.5 Å². The fraction of sp³-hybridized carbons (Fsp3) is 0.292. The molecule has 4 nitrogen and oxygen atoms in total. The first kappa shape index (κ1) is 19.7. The third kappa shape index (κ3) is 3.70. The Kier molecular flexibility index (Phi) is 5.48. The van der Waals surface area contributed by atoms with E-state index in [-0.39, 0.29) is 5.78 Å². The van der Waals surface area contributed by atoms with Crippen molar-refractivity contribution in [2.45, 2.75) is 32.7 Å². The fourth-order valence-electron chi connectivity index (χ4n) is 4.04. The lowest BCUT2D eigenvalue weighted by atomic mass is 9.95. The number of carbonyl (C=O) groups is 1. The molecule has 2 aromatic carbocycles. The Morgan fingerprint density at radius 3 is 2.72 bits per heavy atom. The minimum absolute atomic E-state index is 0.0752. The smallest absolute Gasteiger partial charge is 0.194 e. The van der Waals surface area contributed by atoms with Crippen LogP contribution in [0.2, 0.25) is 5.02 Å². The van der Waals surface area contributed by atoms with Gasteiger partial charge in [-0.3, -0.25) is 14.4 Å². The second-order valence-corrected chi connectivity index (χ2v) is 8.13. The number of hydrogen-bond donors (Lipinski definition) is 1. The van der Waals surface area contributed by atoms with Crippen LogP contribution in [0.25, 0.3) is 16.5 Å². The van der Waals surface area contributed by atoms with Gasteiger partial charge in [0.05, 0.1) is 10.5 Å². The van der Waals surface area contributed by atoms with E-state index in [1.54, 1.807) is 16.8 Å². The van der Waals surface area contributed by atoms with Gasteiger partial charge in [0, 0.05) is 47.4 Å². The molecule has 1 aromatic heterocycles. The topological polar surface area (TPSA) is 51.3 Å². The molecule has 0 spiro atoms. The second-order valence-electron chi connectivity index (χ2n) is 7.72. The second kappa shape index (κ2) is 8.05. The normalized spacial score (nSPS) is 16.0. The number of nitrogens with two attached hydrogens (primary N) is 1. The Morgan fingerprint density at radius 2 is 2.03 bits per heavy atom. The van der Waals surface area contributed by atoms with Crippen molar-refractivity contribution in [1.82, 2.24) is 9.58 Å². The van der Waals surface area contributed by atoms with E-state index in [1.165, 1.54) is 5.57 Å². The number of carbonyl (C=O) groups excluding carboxylic acids is 1. The van der Waals surface area contributed by atoms with Crippen molar-refractivity contribution >= 4 is 33.9 Å². The summed E-state index contributed by atoms with van der Waals surface area (Å²) in [6.07, 6.45) is 6.40. The van der Waals surface area contributed by atoms with Crippen molar-refractivity contribution in [1.29, 1.82) is 0 Å². The van der Waals surface area contributed by atoms with Crippen molar-refractivity contribution < 1.29 is 4.79 Å². The average molecular weight is 408 g/mol. The lowest BCUT2D eigenvalue weighted by molar-refractivity contribution is 0.103. The predicted octanol–water partition coefficient (Wildman–Crippen LogP) is 5.13. The molecule has 0 bridgehead atoms. The minimum Gasteiger partial charge on any atom is -0.339 e. The number of benzene rings is 2. The van der Waals surface area contributed by atoms with Crippen LogP contribution in [0.3, 0.4) is 0 Å². The average Bonchev–Trinajstić information content (AvgIpc) is 3.09. The van der Waals surface area contributed by atoms with E-state index in [0.29, 0.717) is 22.2 Å². The summed E-state index contributed by atoms with van der Waals surface area (Å²) >= 11 is 6.24. The fourth-order valence-corrected chi connectivity index (χ4v) is 4.26. The molecule has 0 amide bonds. The van der Waals surface area contributed by atoms with Gasteiger partial charge in [0.1, 0.15) is 0 Å². The maximum atomic E-state index is 13.0. The molecular weight excluding hydrogens is 382 g/mol. The molecule has 1 aliphatic heterocycles. The van der Waals surface area contributed by atoms with Crippen LogP contribution >= 0.6 is 11.6 Å². The summed E-state index contributed by atoms with van der Waals surface area (Å²) < 4.78 is 1.65. The lowest BCUT2D eigenvalue weighted by Crippen LogP contribution is -2.35. The monoisotopic (exact) mass is 407 g/mol. The Morgan fingerprint density at radius 1 is 1.24 bits per heavy atom. The molecule has 29 heavy (non-hydrogen) atoms. The van der Waals surface area contributed by atoms with Crippen LogP contribution in [0.15, 0.2) is 54.7 Å². The van der Waals surface area contributed by atoms with Crippen LogP contribution in [0, 0.1) is 0 Å². The van der Waals surface area contributed by atoms with Crippen molar-refractivity contribution in [3.63, 3.8) is 0 Å². The maximum absolute atomic E-state index is 13.0. The van der Waals surface area contributed by atoms with Crippen LogP contribution in [-0.2, 0) is 0 Å². The summed E-state index contributed by atoms with van der Waals surface area (Å²) in [6.45, 7) is 6.48. The van der Waals surface area contributed by atoms with Gasteiger partial charge in [-0.2, -0.15) is 0 Å². The van der Waals surface area contributed by atoms with Gasteiger partial charge in [0.15, 0.2) is 5.78 Å². The van der Waals surface area contributed by atoms with Crippen LogP contribution in [0.5, 0.6) is 0 Å². The van der Waals surface area contributed by atoms with Gasteiger partial charge < -0.3 is 5.84 Å². The van der Waals surface area contributed by atoms with Gasteiger partial charge in [-0.05, 0) is 55.7 Å². The van der Waals surface area contributed by atoms with Gasteiger partial charge in [-0.1, -0.05) is 36.7 Å². The quantitative estimate of drug-likeness (QED) is 0.471. The Bertz CT molecular complexity index is 1100. The summed E-state index contributed by atoms with van der Waals surface area (Å²) in [6, 6.07) is 13.4. The van der Waals surface area contributed by atoms with Crippen LogP contribution < -0.4 is 5.84 Å². The number of aromatic nitrogens is 1. The highest BCUT2D eigenvalue weighted by molar-refractivity contribution is 6.35. The van der Waals surface area contributed by atoms with Crippen molar-refractivity contribution in [3.8, 4) is 0 Å². The Labute approximate surface area is 176 Å². The van der Waals surface area contributed by atoms with E-state index in [2.05, 4.69) is 24.8 Å². The Balaban J connectivity index is 1.72. The molecule has 2 heterocycles.